The normalized spacial score (nSPS) is 25.2. The molecule has 0 aromatic heterocycles. The van der Waals surface area contributed by atoms with Gasteiger partial charge >= 0.3 is 0 Å². The molecule has 2 aliphatic rings. The van der Waals surface area contributed by atoms with Crippen LogP contribution in [0.2, 0.25) is 0 Å². The van der Waals surface area contributed by atoms with Gasteiger partial charge in [0.25, 0.3) is 0 Å². The Kier molecular flexibility index (Phi) is 4.36. The second kappa shape index (κ2) is 5.80. The molecule has 2 heterocycles. The van der Waals surface area contributed by atoms with Crippen LogP contribution in [0.1, 0.15) is 19.8 Å². The molecule has 98 valence electrons. The summed E-state index contributed by atoms with van der Waals surface area (Å²) in [6.45, 7) is 8.82. The third-order valence-corrected chi connectivity index (χ3v) is 4.01. The first-order chi connectivity index (χ1) is 8.20. The average molecular weight is 240 g/mol. The monoisotopic (exact) mass is 240 g/mol. The van der Waals surface area contributed by atoms with Gasteiger partial charge in [0.2, 0.25) is 5.91 Å². The van der Waals surface area contributed by atoms with E-state index >= 15 is 0 Å². The number of piperazine rings is 1. The maximum Gasteiger partial charge on any atom is 0.225 e. The molecule has 0 radical (unpaired) electrons. The Morgan fingerprint density at radius 2 is 1.71 bits per heavy atom. The average Bonchev–Trinajstić information content (AvgIpc) is 2.39. The minimum atomic E-state index is 0.211. The van der Waals surface area contributed by atoms with Crippen LogP contribution in [0.25, 0.3) is 0 Å². The number of nitrogens with two attached hydrogens (primary N) is 1. The molecule has 17 heavy (non-hydrogen) atoms. The van der Waals surface area contributed by atoms with Crippen molar-refractivity contribution in [2.24, 2.45) is 11.8 Å². The van der Waals surface area contributed by atoms with Gasteiger partial charge in [-0.3, -0.25) is 10.6 Å². The van der Waals surface area contributed by atoms with E-state index in [0.717, 1.165) is 58.7 Å². The van der Waals surface area contributed by atoms with E-state index in [4.69, 9.17) is 5.84 Å². The van der Waals surface area contributed by atoms with E-state index in [1.54, 1.807) is 0 Å². The minimum Gasteiger partial charge on any atom is -0.340 e. The molecule has 0 aromatic carbocycles. The van der Waals surface area contributed by atoms with Gasteiger partial charge in [0.05, 0.1) is 0 Å². The Morgan fingerprint density at radius 1 is 1.12 bits per heavy atom. The molecule has 1 amide bonds. The first kappa shape index (κ1) is 12.8. The smallest absolute Gasteiger partial charge is 0.225 e. The Labute approximate surface area is 103 Å². The number of amides is 1. The lowest BCUT2D eigenvalue weighted by Crippen LogP contribution is -2.51. The largest absolute Gasteiger partial charge is 0.340 e. The van der Waals surface area contributed by atoms with E-state index in [-0.39, 0.29) is 5.92 Å². The molecule has 0 atom stereocenters. The lowest BCUT2D eigenvalue weighted by atomic mass is 9.96. The molecule has 2 aliphatic heterocycles. The van der Waals surface area contributed by atoms with Gasteiger partial charge in [0, 0.05) is 45.2 Å². The third-order valence-electron chi connectivity index (χ3n) is 4.01. The van der Waals surface area contributed by atoms with E-state index in [1.165, 1.54) is 0 Å². The summed E-state index contributed by atoms with van der Waals surface area (Å²) in [5.74, 6) is 6.28. The number of rotatable bonds is 2. The first-order valence-electron chi connectivity index (χ1n) is 6.71. The van der Waals surface area contributed by atoms with Gasteiger partial charge < -0.3 is 9.80 Å². The van der Waals surface area contributed by atoms with Crippen molar-refractivity contribution in [3.8, 4) is 0 Å². The van der Waals surface area contributed by atoms with Crippen LogP contribution < -0.4 is 5.84 Å². The molecule has 0 bridgehead atoms. The van der Waals surface area contributed by atoms with Crippen LogP contribution in [0.5, 0.6) is 0 Å². The van der Waals surface area contributed by atoms with E-state index in [1.807, 2.05) is 9.91 Å². The first-order valence-corrected chi connectivity index (χ1v) is 6.71. The molecule has 2 N–H and O–H groups in total. The standard InChI is InChI=1S/C12H24N4O/c1-2-14-7-9-15(10-8-14)12(17)11-3-5-16(13)6-4-11/h11H,2-10,13H2,1H3. The topological polar surface area (TPSA) is 52.8 Å². The molecular formula is C12H24N4O. The van der Waals surface area contributed by atoms with Crippen LogP contribution in [-0.4, -0.2) is 66.5 Å². The fourth-order valence-electron chi connectivity index (χ4n) is 2.69. The third kappa shape index (κ3) is 3.18. The summed E-state index contributed by atoms with van der Waals surface area (Å²) in [6.07, 6.45) is 1.84. The van der Waals surface area contributed by atoms with Crippen molar-refractivity contribution < 1.29 is 4.79 Å². The molecule has 0 spiro atoms. The molecule has 2 rings (SSSR count). The summed E-state index contributed by atoms with van der Waals surface area (Å²) in [5.41, 5.74) is 0. The van der Waals surface area contributed by atoms with Gasteiger partial charge in [-0.1, -0.05) is 6.92 Å². The van der Waals surface area contributed by atoms with Crippen molar-refractivity contribution in [1.82, 2.24) is 14.8 Å². The van der Waals surface area contributed by atoms with Crippen molar-refractivity contribution in [2.75, 3.05) is 45.8 Å². The molecule has 0 saturated carbocycles. The molecule has 0 unspecified atom stereocenters. The van der Waals surface area contributed by atoms with Gasteiger partial charge in [-0.25, -0.2) is 5.01 Å². The highest BCUT2D eigenvalue weighted by Gasteiger charge is 2.29. The molecule has 0 aromatic rings. The number of piperidine rings is 1. The molecule has 5 nitrogen and oxygen atoms in total. The van der Waals surface area contributed by atoms with Gasteiger partial charge in [-0.2, -0.15) is 0 Å². The fraction of sp³-hybridized carbons (Fsp3) is 0.917. The number of hydrogen-bond acceptors (Lipinski definition) is 4. The molecule has 0 aliphatic carbocycles. The predicted molar refractivity (Wildman–Crippen MR) is 67.2 cm³/mol. The lowest BCUT2D eigenvalue weighted by Gasteiger charge is -2.37. The van der Waals surface area contributed by atoms with Crippen molar-refractivity contribution in [3.63, 3.8) is 0 Å². The number of carbonyl (C=O) groups is 1. The Morgan fingerprint density at radius 3 is 2.24 bits per heavy atom. The number of hydrogen-bond donors (Lipinski definition) is 1. The second-order valence-electron chi connectivity index (χ2n) is 5.07. The number of carbonyl (C=O) groups excluding carboxylic acids is 1. The zero-order valence-electron chi connectivity index (χ0n) is 10.8. The van der Waals surface area contributed by atoms with Gasteiger partial charge in [0.15, 0.2) is 0 Å². The predicted octanol–water partition coefficient (Wildman–Crippen LogP) is -0.264. The Bertz CT molecular complexity index is 255. The fourth-order valence-corrected chi connectivity index (χ4v) is 2.69. The zero-order valence-corrected chi connectivity index (χ0v) is 10.8. The number of nitrogens with zero attached hydrogens (tertiary/aromatic N) is 3. The zero-order chi connectivity index (χ0) is 12.3. The van der Waals surface area contributed by atoms with Crippen LogP contribution in [0, 0.1) is 5.92 Å². The van der Waals surface area contributed by atoms with Gasteiger partial charge in [-0.15, -0.1) is 0 Å². The van der Waals surface area contributed by atoms with Gasteiger partial charge in [0.1, 0.15) is 0 Å². The summed E-state index contributed by atoms with van der Waals surface area (Å²) in [5, 5.41) is 1.82. The summed E-state index contributed by atoms with van der Waals surface area (Å²) >= 11 is 0. The maximum atomic E-state index is 12.3. The van der Waals surface area contributed by atoms with E-state index < -0.39 is 0 Å². The van der Waals surface area contributed by atoms with Crippen molar-refractivity contribution in [3.05, 3.63) is 0 Å². The highest BCUT2D eigenvalue weighted by Crippen LogP contribution is 2.18. The van der Waals surface area contributed by atoms with Crippen LogP contribution in [0.15, 0.2) is 0 Å². The van der Waals surface area contributed by atoms with Crippen LogP contribution in [-0.2, 0) is 4.79 Å². The maximum absolute atomic E-state index is 12.3. The highest BCUT2D eigenvalue weighted by atomic mass is 16.2. The van der Waals surface area contributed by atoms with Crippen molar-refractivity contribution >= 4 is 5.91 Å². The summed E-state index contributed by atoms with van der Waals surface area (Å²) in [4.78, 5) is 16.7. The summed E-state index contributed by atoms with van der Waals surface area (Å²) < 4.78 is 0. The molecule has 5 heteroatoms. The molecule has 2 saturated heterocycles. The summed E-state index contributed by atoms with van der Waals surface area (Å²) in [7, 11) is 0. The van der Waals surface area contributed by atoms with E-state index in [0.29, 0.717) is 5.91 Å². The van der Waals surface area contributed by atoms with E-state index in [2.05, 4.69) is 11.8 Å². The Hall–Kier alpha value is -0.650. The number of likely N-dealkylation sites (N-methyl/N-ethyl adjacent to an activating group) is 1. The molecule has 2 fully saturated rings. The van der Waals surface area contributed by atoms with Crippen LogP contribution >= 0.6 is 0 Å². The second-order valence-corrected chi connectivity index (χ2v) is 5.07. The van der Waals surface area contributed by atoms with Crippen molar-refractivity contribution in [2.45, 2.75) is 19.8 Å². The lowest BCUT2D eigenvalue weighted by molar-refractivity contribution is -0.138. The Balaban J connectivity index is 1.80. The van der Waals surface area contributed by atoms with Crippen LogP contribution in [0.4, 0.5) is 0 Å². The van der Waals surface area contributed by atoms with Crippen LogP contribution in [0.3, 0.4) is 0 Å². The molecular weight excluding hydrogens is 216 g/mol. The summed E-state index contributed by atoms with van der Waals surface area (Å²) in [6, 6.07) is 0. The minimum absolute atomic E-state index is 0.211. The SMILES string of the molecule is CCN1CCN(C(=O)C2CCN(N)CC2)CC1. The quantitative estimate of drug-likeness (QED) is 0.676. The van der Waals surface area contributed by atoms with Crippen molar-refractivity contribution in [1.29, 1.82) is 0 Å². The number of hydrazine groups is 1. The van der Waals surface area contributed by atoms with E-state index in [9.17, 15) is 4.79 Å². The van der Waals surface area contributed by atoms with Gasteiger partial charge in [-0.05, 0) is 19.4 Å². The highest BCUT2D eigenvalue weighted by molar-refractivity contribution is 5.79.